The molecule has 2 heterocycles. The van der Waals surface area contributed by atoms with Gasteiger partial charge in [-0.2, -0.15) is 13.2 Å². The molecule has 0 bridgehead atoms. The number of likely N-dealkylation sites (tertiary alicyclic amines) is 2. The summed E-state index contributed by atoms with van der Waals surface area (Å²) < 4.78 is 38.0. The van der Waals surface area contributed by atoms with Crippen LogP contribution in [0.1, 0.15) is 61.4 Å². The average molecular weight is 396 g/mol. The maximum Gasteiger partial charge on any atom is 0.416 e. The second-order valence-corrected chi connectivity index (χ2v) is 7.73. The first-order chi connectivity index (χ1) is 13.3. The number of carbonyl (C=O) groups is 2. The molecule has 7 heteroatoms. The van der Waals surface area contributed by atoms with Crippen LogP contribution in [0.25, 0.3) is 0 Å². The number of nitrogens with zero attached hydrogens (tertiary/aromatic N) is 2. The lowest BCUT2D eigenvalue weighted by atomic mass is 9.91. The lowest BCUT2D eigenvalue weighted by Crippen LogP contribution is -2.49. The Balaban J connectivity index is 1.57. The fraction of sp³-hybridized carbons (Fsp3) is 0.619. The highest BCUT2D eigenvalue weighted by molar-refractivity contribution is 5.94. The highest BCUT2D eigenvalue weighted by Gasteiger charge is 2.34. The van der Waals surface area contributed by atoms with E-state index in [-0.39, 0.29) is 23.3 Å². The molecule has 2 aliphatic heterocycles. The third-order valence-corrected chi connectivity index (χ3v) is 5.97. The first-order valence-corrected chi connectivity index (χ1v) is 10.1. The smallest absolute Gasteiger partial charge is 0.339 e. The summed E-state index contributed by atoms with van der Waals surface area (Å²) in [5, 5.41) is 0. The summed E-state index contributed by atoms with van der Waals surface area (Å²) in [5.41, 5.74) is -0.514. The van der Waals surface area contributed by atoms with E-state index in [9.17, 15) is 22.8 Å². The van der Waals surface area contributed by atoms with E-state index in [1.165, 1.54) is 18.6 Å². The van der Waals surface area contributed by atoms with Crippen LogP contribution in [0.5, 0.6) is 0 Å². The minimum atomic E-state index is -4.41. The van der Waals surface area contributed by atoms with Gasteiger partial charge in [-0.05, 0) is 62.8 Å². The maximum absolute atomic E-state index is 12.9. The van der Waals surface area contributed by atoms with E-state index in [1.54, 1.807) is 4.90 Å². The van der Waals surface area contributed by atoms with Crippen LogP contribution in [0.15, 0.2) is 24.3 Å². The lowest BCUT2D eigenvalue weighted by molar-refractivity contribution is -0.141. The van der Waals surface area contributed by atoms with Crippen LogP contribution >= 0.6 is 0 Å². The Morgan fingerprint density at radius 2 is 1.64 bits per heavy atom. The van der Waals surface area contributed by atoms with Gasteiger partial charge in [0.05, 0.1) is 5.56 Å². The lowest BCUT2D eigenvalue weighted by Gasteiger charge is -2.39. The van der Waals surface area contributed by atoms with Gasteiger partial charge in [0, 0.05) is 37.2 Å². The Labute approximate surface area is 163 Å². The Morgan fingerprint density at radius 3 is 2.21 bits per heavy atom. The molecule has 1 unspecified atom stereocenters. The van der Waals surface area contributed by atoms with Gasteiger partial charge in [-0.1, -0.05) is 6.92 Å². The highest BCUT2D eigenvalue weighted by atomic mass is 19.4. The molecule has 28 heavy (non-hydrogen) atoms. The van der Waals surface area contributed by atoms with Crippen molar-refractivity contribution in [3.05, 3.63) is 35.4 Å². The fourth-order valence-corrected chi connectivity index (χ4v) is 4.26. The van der Waals surface area contributed by atoms with Crippen LogP contribution in [0.3, 0.4) is 0 Å². The van der Waals surface area contributed by atoms with Gasteiger partial charge < -0.3 is 9.80 Å². The van der Waals surface area contributed by atoms with Gasteiger partial charge in [0.1, 0.15) is 0 Å². The molecule has 2 amide bonds. The molecule has 2 aliphatic rings. The summed E-state index contributed by atoms with van der Waals surface area (Å²) in [7, 11) is 0. The Bertz CT molecular complexity index is 695. The molecule has 3 rings (SSSR count). The van der Waals surface area contributed by atoms with Crippen LogP contribution in [0.2, 0.25) is 0 Å². The van der Waals surface area contributed by atoms with Crippen LogP contribution in [0, 0.1) is 5.92 Å². The van der Waals surface area contributed by atoms with Gasteiger partial charge in [0.25, 0.3) is 5.91 Å². The molecule has 0 radical (unpaired) electrons. The van der Waals surface area contributed by atoms with E-state index in [1.807, 2.05) is 4.90 Å². The van der Waals surface area contributed by atoms with Crippen LogP contribution in [-0.2, 0) is 11.0 Å². The van der Waals surface area contributed by atoms with Crippen molar-refractivity contribution in [2.45, 2.75) is 57.7 Å². The van der Waals surface area contributed by atoms with Gasteiger partial charge in [-0.15, -0.1) is 0 Å². The average Bonchev–Trinajstić information content (AvgIpc) is 2.72. The first kappa shape index (κ1) is 20.7. The second kappa shape index (κ2) is 8.53. The summed E-state index contributed by atoms with van der Waals surface area (Å²) in [6.45, 7) is 3.85. The van der Waals surface area contributed by atoms with Crippen LogP contribution in [-0.4, -0.2) is 47.3 Å². The number of piperidine rings is 2. The van der Waals surface area contributed by atoms with Gasteiger partial charge in [-0.25, -0.2) is 0 Å². The normalized spacial score (nSPS) is 21.6. The summed E-state index contributed by atoms with van der Waals surface area (Å²) in [4.78, 5) is 29.2. The molecule has 0 N–H and O–H groups in total. The molecule has 0 saturated carbocycles. The highest BCUT2D eigenvalue weighted by Crippen LogP contribution is 2.30. The van der Waals surface area contributed by atoms with Gasteiger partial charge in [0.2, 0.25) is 5.91 Å². The molecule has 1 aromatic rings. The van der Waals surface area contributed by atoms with Crippen molar-refractivity contribution in [3.63, 3.8) is 0 Å². The van der Waals surface area contributed by atoms with Crippen molar-refractivity contribution in [1.82, 2.24) is 9.80 Å². The topological polar surface area (TPSA) is 40.6 Å². The zero-order chi connectivity index (χ0) is 20.3. The number of rotatable bonds is 3. The summed E-state index contributed by atoms with van der Waals surface area (Å²) in [6.07, 6.45) is 1.06. The number of hydrogen-bond donors (Lipinski definition) is 0. The molecule has 0 aliphatic carbocycles. The van der Waals surface area contributed by atoms with E-state index in [2.05, 4.69) is 6.92 Å². The molecule has 2 fully saturated rings. The predicted molar refractivity (Wildman–Crippen MR) is 99.7 cm³/mol. The van der Waals surface area contributed by atoms with Crippen molar-refractivity contribution in [1.29, 1.82) is 0 Å². The van der Waals surface area contributed by atoms with E-state index >= 15 is 0 Å². The minimum Gasteiger partial charge on any atom is -0.339 e. The molecule has 1 atom stereocenters. The zero-order valence-electron chi connectivity index (χ0n) is 16.2. The first-order valence-electron chi connectivity index (χ1n) is 10.1. The number of carbonyl (C=O) groups excluding carboxylic acids is 2. The minimum absolute atomic E-state index is 0.0659. The van der Waals surface area contributed by atoms with Gasteiger partial charge in [0.15, 0.2) is 0 Å². The molecule has 1 aromatic carbocycles. The largest absolute Gasteiger partial charge is 0.416 e. The molecule has 4 nitrogen and oxygen atoms in total. The number of hydrogen-bond acceptors (Lipinski definition) is 2. The van der Waals surface area contributed by atoms with Crippen LogP contribution in [0.4, 0.5) is 13.2 Å². The number of benzene rings is 1. The monoisotopic (exact) mass is 396 g/mol. The fourth-order valence-electron chi connectivity index (χ4n) is 4.26. The SMILES string of the molecule is CCC1CCCCN1C(=O)C1CCN(C(=O)c2ccc(C(F)(F)F)cc2)CC1. The Hall–Kier alpha value is -2.05. The molecule has 2 saturated heterocycles. The van der Waals surface area contributed by atoms with Gasteiger partial charge >= 0.3 is 6.18 Å². The van der Waals surface area contributed by atoms with E-state index in [0.717, 1.165) is 37.9 Å². The zero-order valence-corrected chi connectivity index (χ0v) is 16.2. The number of alkyl halides is 3. The molecule has 154 valence electrons. The maximum atomic E-state index is 12.9. The molecular formula is C21H27F3N2O2. The van der Waals surface area contributed by atoms with Crippen molar-refractivity contribution < 1.29 is 22.8 Å². The Morgan fingerprint density at radius 1 is 1.00 bits per heavy atom. The van der Waals surface area contributed by atoms with Crippen molar-refractivity contribution in [2.75, 3.05) is 19.6 Å². The summed E-state index contributed by atoms with van der Waals surface area (Å²) in [6, 6.07) is 4.65. The number of halogens is 3. The van der Waals surface area contributed by atoms with Crippen molar-refractivity contribution in [2.24, 2.45) is 5.92 Å². The van der Waals surface area contributed by atoms with Gasteiger partial charge in [-0.3, -0.25) is 9.59 Å². The van der Waals surface area contributed by atoms with E-state index in [0.29, 0.717) is 32.0 Å². The van der Waals surface area contributed by atoms with Crippen LogP contribution < -0.4 is 0 Å². The quantitative estimate of drug-likeness (QED) is 0.762. The van der Waals surface area contributed by atoms with Crippen molar-refractivity contribution >= 4 is 11.8 Å². The Kier molecular flexibility index (Phi) is 6.30. The molecular weight excluding hydrogens is 369 g/mol. The summed E-state index contributed by atoms with van der Waals surface area (Å²) >= 11 is 0. The standard InChI is InChI=1S/C21H27F3N2O2/c1-2-18-5-3-4-12-26(18)20(28)16-10-13-25(14-11-16)19(27)15-6-8-17(9-7-15)21(22,23)24/h6-9,16,18H,2-5,10-14H2,1H3. The van der Waals surface area contributed by atoms with E-state index < -0.39 is 11.7 Å². The third-order valence-electron chi connectivity index (χ3n) is 5.97. The number of amides is 2. The third kappa shape index (κ3) is 4.50. The molecule has 0 spiro atoms. The van der Waals surface area contributed by atoms with E-state index in [4.69, 9.17) is 0 Å². The summed E-state index contributed by atoms with van der Waals surface area (Å²) in [5.74, 6) is -0.138. The second-order valence-electron chi connectivity index (χ2n) is 7.73. The predicted octanol–water partition coefficient (Wildman–Crippen LogP) is 4.35. The van der Waals surface area contributed by atoms with Crippen molar-refractivity contribution in [3.8, 4) is 0 Å². The molecule has 0 aromatic heterocycles.